The lowest BCUT2D eigenvalue weighted by molar-refractivity contribution is -0.275. The molecule has 34 heavy (non-hydrogen) atoms. The highest BCUT2D eigenvalue weighted by atomic mass is 35.5. The summed E-state index contributed by atoms with van der Waals surface area (Å²) in [5, 5.41) is 12.6. The average Bonchev–Trinajstić information content (AvgIpc) is 3.23. The molecule has 1 aliphatic heterocycles. The van der Waals surface area contributed by atoms with Gasteiger partial charge in [-0.3, -0.25) is 4.79 Å². The number of nitrogens with zero attached hydrogens (tertiary/aromatic N) is 3. The number of hydrogen-bond acceptors (Lipinski definition) is 6. The predicted octanol–water partition coefficient (Wildman–Crippen LogP) is 5.62. The first-order valence-corrected chi connectivity index (χ1v) is 10.3. The van der Waals surface area contributed by atoms with Crippen molar-refractivity contribution in [3.05, 3.63) is 68.7 Å². The highest BCUT2D eigenvalue weighted by Crippen LogP contribution is 2.49. The lowest BCUT2D eigenvalue weighted by Gasteiger charge is -2.29. The molecule has 0 N–H and O–H groups in total. The Morgan fingerprint density at radius 1 is 1.24 bits per heavy atom. The van der Waals surface area contributed by atoms with Gasteiger partial charge in [-0.1, -0.05) is 34.4 Å². The number of amides is 2. The van der Waals surface area contributed by atoms with E-state index in [0.717, 1.165) is 19.2 Å². The first-order valence-electron chi connectivity index (χ1n) is 9.59. The summed E-state index contributed by atoms with van der Waals surface area (Å²) in [6.07, 6.45) is -6.53. The van der Waals surface area contributed by atoms with Gasteiger partial charge in [-0.25, -0.2) is 9.69 Å². The molecule has 178 valence electrons. The van der Waals surface area contributed by atoms with E-state index in [9.17, 15) is 22.8 Å². The smallest absolute Gasteiger partial charge is 0.435 e. The molecule has 1 aliphatic rings. The topological polar surface area (TPSA) is 92.0 Å². The van der Waals surface area contributed by atoms with Crippen LogP contribution in [-0.2, 0) is 15.2 Å². The third-order valence-corrected chi connectivity index (χ3v) is 5.61. The second-order valence-electron chi connectivity index (χ2n) is 7.34. The number of alkyl halides is 3. The molecular weight excluding hydrogens is 498 g/mol. The minimum atomic E-state index is -4.85. The normalized spacial score (nSPS) is 17.4. The highest BCUT2D eigenvalue weighted by Gasteiger charge is 2.62. The monoisotopic (exact) mass is 513 g/mol. The Kier molecular flexibility index (Phi) is 7.10. The second-order valence-corrected chi connectivity index (χ2v) is 8.21. The predicted molar refractivity (Wildman–Crippen MR) is 117 cm³/mol. The number of carbonyl (C=O) groups excluding carboxylic acids is 2. The molecule has 2 aromatic rings. The fourth-order valence-corrected chi connectivity index (χ4v) is 4.00. The molecule has 0 aliphatic carbocycles. The second kappa shape index (κ2) is 9.52. The van der Waals surface area contributed by atoms with Crippen molar-refractivity contribution < 1.29 is 32.3 Å². The molecule has 0 saturated heterocycles. The molecule has 0 saturated carbocycles. The molecule has 0 spiro atoms. The van der Waals surface area contributed by atoms with Gasteiger partial charge in [0.2, 0.25) is 0 Å². The maximum absolute atomic E-state index is 14.2. The first-order chi connectivity index (χ1) is 15.9. The first kappa shape index (κ1) is 25.3. The van der Waals surface area contributed by atoms with Crippen LogP contribution >= 0.6 is 23.2 Å². The fraction of sp³-hybridized carbons (Fsp3) is 0.273. The summed E-state index contributed by atoms with van der Waals surface area (Å²) in [5.41, 5.74) is -2.44. The molecule has 12 heteroatoms. The third kappa shape index (κ3) is 4.67. The van der Waals surface area contributed by atoms with Gasteiger partial charge in [-0.05, 0) is 48.4 Å². The van der Waals surface area contributed by atoms with Crippen LogP contribution in [0.5, 0.6) is 0 Å². The van der Waals surface area contributed by atoms with Crippen LogP contribution in [0.25, 0.3) is 0 Å². The number of oxime groups is 1. The van der Waals surface area contributed by atoms with E-state index in [1.165, 1.54) is 31.2 Å². The van der Waals surface area contributed by atoms with Crippen LogP contribution in [0.1, 0.15) is 33.5 Å². The van der Waals surface area contributed by atoms with Crippen molar-refractivity contribution in [2.75, 3.05) is 13.7 Å². The number of hydrogen-bond donors (Lipinski definition) is 0. The minimum absolute atomic E-state index is 0.00872. The zero-order valence-corrected chi connectivity index (χ0v) is 19.3. The molecule has 0 fully saturated rings. The zero-order chi connectivity index (χ0) is 25.3. The van der Waals surface area contributed by atoms with Crippen LogP contribution < -0.4 is 0 Å². The van der Waals surface area contributed by atoms with Crippen molar-refractivity contribution >= 4 is 40.9 Å². The number of benzene rings is 2. The molecular formula is C22H16Cl2F3N3O4. The molecule has 1 atom stereocenters. The van der Waals surface area contributed by atoms with Crippen LogP contribution in [0.15, 0.2) is 41.6 Å². The van der Waals surface area contributed by atoms with Crippen LogP contribution in [-0.4, -0.2) is 42.4 Å². The Bertz CT molecular complexity index is 1210. The number of halogens is 5. The standard InChI is InChI=1S/C22H16Cl2F3N3O4/c1-12-7-13(3-4-17(12)19(31)30(6-5-28)20(32)33-2)18-11-21(34-29-18,22(25,26)27)14-8-15(23)10-16(24)9-14/h3-4,7-10H,6,11H2,1-2H3. The van der Waals surface area contributed by atoms with Gasteiger partial charge >= 0.3 is 12.3 Å². The van der Waals surface area contributed by atoms with Crippen LogP contribution in [0, 0.1) is 18.3 Å². The van der Waals surface area contributed by atoms with Crippen LogP contribution in [0.2, 0.25) is 10.0 Å². The quantitative estimate of drug-likeness (QED) is 0.495. The van der Waals surface area contributed by atoms with Crippen molar-refractivity contribution in [3.8, 4) is 6.07 Å². The van der Waals surface area contributed by atoms with Crippen molar-refractivity contribution in [1.29, 1.82) is 5.26 Å². The number of rotatable bonds is 4. The fourth-order valence-electron chi connectivity index (χ4n) is 3.47. The number of imide groups is 1. The Balaban J connectivity index is 1.95. The van der Waals surface area contributed by atoms with E-state index < -0.39 is 36.7 Å². The van der Waals surface area contributed by atoms with Crippen LogP contribution in [0.3, 0.4) is 0 Å². The van der Waals surface area contributed by atoms with Gasteiger partial charge in [0.15, 0.2) is 0 Å². The van der Waals surface area contributed by atoms with Gasteiger partial charge in [0.1, 0.15) is 6.54 Å². The van der Waals surface area contributed by atoms with E-state index >= 15 is 0 Å². The Labute approximate surface area is 202 Å². The molecule has 3 rings (SSSR count). The molecule has 0 aromatic heterocycles. The lowest BCUT2D eigenvalue weighted by Crippen LogP contribution is -2.42. The number of methoxy groups -OCH3 is 1. The third-order valence-electron chi connectivity index (χ3n) is 5.17. The van der Waals surface area contributed by atoms with E-state index in [4.69, 9.17) is 33.3 Å². The van der Waals surface area contributed by atoms with Gasteiger partial charge in [-0.15, -0.1) is 0 Å². The van der Waals surface area contributed by atoms with E-state index in [0.29, 0.717) is 10.5 Å². The minimum Gasteiger partial charge on any atom is -0.452 e. The van der Waals surface area contributed by atoms with Gasteiger partial charge in [0.05, 0.1) is 18.9 Å². The maximum Gasteiger partial charge on any atom is 0.435 e. The Hall–Kier alpha value is -3.29. The summed E-state index contributed by atoms with van der Waals surface area (Å²) in [4.78, 5) is 30.1. The van der Waals surface area contributed by atoms with E-state index in [1.54, 1.807) is 6.07 Å². The average molecular weight is 514 g/mol. The van der Waals surface area contributed by atoms with Gasteiger partial charge in [0, 0.05) is 27.6 Å². The van der Waals surface area contributed by atoms with Crippen molar-refractivity contribution in [2.45, 2.75) is 25.1 Å². The number of ether oxygens (including phenoxy) is 1. The van der Waals surface area contributed by atoms with Gasteiger partial charge in [0.25, 0.3) is 11.5 Å². The van der Waals surface area contributed by atoms with E-state index in [2.05, 4.69) is 9.89 Å². The van der Waals surface area contributed by atoms with E-state index in [1.807, 2.05) is 0 Å². The SMILES string of the molecule is COC(=O)N(CC#N)C(=O)c1ccc(C2=NOC(c3cc(Cl)cc(Cl)c3)(C(F)(F)F)C2)cc1C. The molecule has 2 amide bonds. The molecule has 2 aromatic carbocycles. The Morgan fingerprint density at radius 3 is 2.41 bits per heavy atom. The number of carbonyl (C=O) groups is 2. The highest BCUT2D eigenvalue weighted by molar-refractivity contribution is 6.34. The molecule has 0 bridgehead atoms. The molecule has 7 nitrogen and oxygen atoms in total. The van der Waals surface area contributed by atoms with Gasteiger partial charge < -0.3 is 9.57 Å². The van der Waals surface area contributed by atoms with Gasteiger partial charge in [-0.2, -0.15) is 18.4 Å². The summed E-state index contributed by atoms with van der Waals surface area (Å²) in [6.45, 7) is 0.992. The maximum atomic E-state index is 14.2. The summed E-state index contributed by atoms with van der Waals surface area (Å²) in [7, 11) is 1.06. The Morgan fingerprint density at radius 2 is 1.88 bits per heavy atom. The number of aryl methyl sites for hydroxylation is 1. The summed E-state index contributed by atoms with van der Waals surface area (Å²) < 4.78 is 47.0. The largest absolute Gasteiger partial charge is 0.452 e. The van der Waals surface area contributed by atoms with Crippen molar-refractivity contribution in [1.82, 2.24) is 4.90 Å². The van der Waals surface area contributed by atoms with Crippen molar-refractivity contribution in [2.24, 2.45) is 5.16 Å². The molecule has 1 unspecified atom stereocenters. The summed E-state index contributed by atoms with van der Waals surface area (Å²) >= 11 is 11.8. The molecule has 0 radical (unpaired) electrons. The lowest BCUT2D eigenvalue weighted by atomic mass is 9.86. The number of nitriles is 1. The zero-order valence-electron chi connectivity index (χ0n) is 17.7. The summed E-state index contributed by atoms with van der Waals surface area (Å²) in [6, 6.07) is 9.37. The van der Waals surface area contributed by atoms with Crippen molar-refractivity contribution in [3.63, 3.8) is 0 Å². The molecule has 1 heterocycles. The van der Waals surface area contributed by atoms with E-state index in [-0.39, 0.29) is 32.4 Å². The van der Waals surface area contributed by atoms with Crippen LogP contribution in [0.4, 0.5) is 18.0 Å². The summed E-state index contributed by atoms with van der Waals surface area (Å²) in [5.74, 6) is -0.791.